The fraction of sp³-hybridized carbons (Fsp3) is 0.435. The number of aromatic amines is 1. The van der Waals surface area contributed by atoms with Gasteiger partial charge in [-0.25, -0.2) is 15.0 Å². The van der Waals surface area contributed by atoms with E-state index in [1.54, 1.807) is 23.4 Å². The van der Waals surface area contributed by atoms with E-state index in [9.17, 15) is 22.8 Å². The Bertz CT molecular complexity index is 1220. The predicted octanol–water partition coefficient (Wildman–Crippen LogP) is 3.37. The Morgan fingerprint density at radius 3 is 2.71 bits per heavy atom. The van der Waals surface area contributed by atoms with Crippen molar-refractivity contribution in [3.05, 3.63) is 36.4 Å². The normalized spacial score (nSPS) is 15.7. The fourth-order valence-electron chi connectivity index (χ4n) is 3.96. The lowest BCUT2D eigenvalue weighted by molar-refractivity contribution is -0.138. The summed E-state index contributed by atoms with van der Waals surface area (Å²) in [7, 11) is 0. The number of pyridine rings is 1. The Kier molecular flexibility index (Phi) is 6.90. The van der Waals surface area contributed by atoms with Gasteiger partial charge in [0, 0.05) is 42.0 Å². The molecule has 186 valence electrons. The van der Waals surface area contributed by atoms with Crippen molar-refractivity contribution >= 4 is 28.7 Å². The number of aromatic nitrogens is 4. The molecule has 4 heterocycles. The van der Waals surface area contributed by atoms with E-state index in [2.05, 4.69) is 32.2 Å². The number of carbonyl (C=O) groups excluding carboxylic acids is 2. The van der Waals surface area contributed by atoms with E-state index < -0.39 is 24.7 Å². The van der Waals surface area contributed by atoms with Crippen molar-refractivity contribution in [2.45, 2.75) is 38.9 Å². The molecule has 12 heteroatoms. The largest absolute Gasteiger partial charge is 0.405 e. The van der Waals surface area contributed by atoms with Crippen LogP contribution in [0, 0.1) is 5.92 Å². The number of anilines is 1. The number of likely N-dealkylation sites (tertiary alicyclic amines) is 1. The summed E-state index contributed by atoms with van der Waals surface area (Å²) in [5.41, 5.74) is 2.04. The van der Waals surface area contributed by atoms with Gasteiger partial charge in [0.15, 0.2) is 0 Å². The van der Waals surface area contributed by atoms with Crippen molar-refractivity contribution in [3.8, 4) is 11.3 Å². The van der Waals surface area contributed by atoms with Crippen molar-refractivity contribution in [3.63, 3.8) is 0 Å². The number of amides is 2. The molecule has 0 saturated carbocycles. The third-order valence-electron chi connectivity index (χ3n) is 6.00. The van der Waals surface area contributed by atoms with Crippen LogP contribution in [0.1, 0.15) is 37.0 Å². The highest BCUT2D eigenvalue weighted by Crippen LogP contribution is 2.29. The molecule has 35 heavy (non-hydrogen) atoms. The van der Waals surface area contributed by atoms with E-state index in [1.165, 1.54) is 19.3 Å². The molecule has 4 rings (SSSR count). The maximum absolute atomic E-state index is 13.3. The summed E-state index contributed by atoms with van der Waals surface area (Å²) in [6.07, 6.45) is 2.02. The van der Waals surface area contributed by atoms with Gasteiger partial charge in [-0.2, -0.15) is 13.2 Å². The molecule has 0 aromatic carbocycles. The molecule has 1 atom stereocenters. The van der Waals surface area contributed by atoms with Gasteiger partial charge in [-0.05, 0) is 37.8 Å². The molecule has 3 aromatic heterocycles. The smallest absolute Gasteiger partial charge is 0.359 e. The third kappa shape index (κ3) is 5.87. The van der Waals surface area contributed by atoms with Gasteiger partial charge in [-0.3, -0.25) is 9.59 Å². The third-order valence-corrected chi connectivity index (χ3v) is 6.00. The number of hydrogen-bond donors (Lipinski definition) is 3. The van der Waals surface area contributed by atoms with Gasteiger partial charge in [-0.1, -0.05) is 6.92 Å². The number of nitrogens with zero attached hydrogens (tertiary/aromatic N) is 4. The fourth-order valence-corrected chi connectivity index (χ4v) is 3.96. The average molecular weight is 490 g/mol. The van der Waals surface area contributed by atoms with Crippen LogP contribution >= 0.6 is 0 Å². The molecule has 0 unspecified atom stereocenters. The second-order valence-electron chi connectivity index (χ2n) is 8.79. The van der Waals surface area contributed by atoms with Crippen LogP contribution in [0.5, 0.6) is 0 Å². The Morgan fingerprint density at radius 1 is 1.26 bits per heavy atom. The predicted molar refractivity (Wildman–Crippen MR) is 124 cm³/mol. The minimum atomic E-state index is -4.52. The molecule has 2 amide bonds. The van der Waals surface area contributed by atoms with Gasteiger partial charge in [0.25, 0.3) is 5.91 Å². The first-order valence-corrected chi connectivity index (χ1v) is 11.3. The summed E-state index contributed by atoms with van der Waals surface area (Å²) in [4.78, 5) is 43.1. The topological polar surface area (TPSA) is 116 Å². The van der Waals surface area contributed by atoms with E-state index in [0.717, 1.165) is 12.8 Å². The van der Waals surface area contributed by atoms with Gasteiger partial charge in [-0.15, -0.1) is 0 Å². The molecule has 9 nitrogen and oxygen atoms in total. The lowest BCUT2D eigenvalue weighted by Gasteiger charge is -2.30. The van der Waals surface area contributed by atoms with Gasteiger partial charge >= 0.3 is 6.18 Å². The minimum Gasteiger partial charge on any atom is -0.359 e. The molecule has 0 aliphatic carbocycles. The number of H-pyrrole nitrogens is 1. The first kappa shape index (κ1) is 24.4. The van der Waals surface area contributed by atoms with Crippen LogP contribution < -0.4 is 10.6 Å². The van der Waals surface area contributed by atoms with Crippen LogP contribution in [0.15, 0.2) is 30.9 Å². The number of halogens is 3. The number of nitrogens with one attached hydrogen (secondary N) is 3. The Morgan fingerprint density at radius 2 is 2.00 bits per heavy atom. The Hall–Kier alpha value is -3.70. The maximum atomic E-state index is 13.3. The van der Waals surface area contributed by atoms with Crippen molar-refractivity contribution in [2.24, 2.45) is 5.92 Å². The molecule has 0 radical (unpaired) electrons. The van der Waals surface area contributed by atoms with E-state index in [-0.39, 0.29) is 11.7 Å². The molecule has 0 spiro atoms. The van der Waals surface area contributed by atoms with E-state index >= 15 is 0 Å². The van der Waals surface area contributed by atoms with Crippen molar-refractivity contribution < 1.29 is 22.8 Å². The minimum absolute atomic E-state index is 0.172. The van der Waals surface area contributed by atoms with E-state index in [0.29, 0.717) is 46.9 Å². The molecule has 1 aliphatic heterocycles. The maximum Gasteiger partial charge on any atom is 0.405 e. The molecular formula is C23H26F3N7O2. The first-order chi connectivity index (χ1) is 16.6. The average Bonchev–Trinajstić information content (AvgIpc) is 3.26. The monoisotopic (exact) mass is 489 g/mol. The number of hydrogen-bond acceptors (Lipinski definition) is 6. The zero-order chi connectivity index (χ0) is 25.2. The standard InChI is InChI=1S/C23H26F3N7O2/c1-13-3-5-33(6-4-13)22(35)15-7-18(16-10-28-20-17(16)9-27-12-30-20)32-19(8-15)31-14(2)21(34)29-11-23(24,25)26/h7-10,12-14H,3-6,11H2,1-2H3,(H,29,34)(H,31,32)(H,27,28,30)/t14-/m0/s1. The highest BCUT2D eigenvalue weighted by Gasteiger charge is 2.29. The van der Waals surface area contributed by atoms with Gasteiger partial charge in [0.2, 0.25) is 5.91 Å². The van der Waals surface area contributed by atoms with Gasteiger partial charge in [0.1, 0.15) is 30.4 Å². The van der Waals surface area contributed by atoms with Crippen LogP contribution in [-0.4, -0.2) is 68.5 Å². The highest BCUT2D eigenvalue weighted by atomic mass is 19.4. The quantitative estimate of drug-likeness (QED) is 0.489. The second-order valence-corrected chi connectivity index (χ2v) is 8.79. The SMILES string of the molecule is CC1CCN(C(=O)c2cc(N[C@@H](C)C(=O)NCC(F)(F)F)nc(-c3c[nH]c4ncncc34)c2)CC1. The summed E-state index contributed by atoms with van der Waals surface area (Å²) in [6.45, 7) is 3.42. The highest BCUT2D eigenvalue weighted by molar-refractivity contribution is 5.98. The zero-order valence-electron chi connectivity index (χ0n) is 19.3. The van der Waals surface area contributed by atoms with Crippen LogP contribution in [0.25, 0.3) is 22.3 Å². The number of piperidine rings is 1. The number of fused-ring (bicyclic) bond motifs is 1. The lowest BCUT2D eigenvalue weighted by atomic mass is 9.98. The summed E-state index contributed by atoms with van der Waals surface area (Å²) in [5.74, 6) is -0.273. The van der Waals surface area contributed by atoms with Crippen LogP contribution in [0.2, 0.25) is 0 Å². The summed E-state index contributed by atoms with van der Waals surface area (Å²) in [5, 5.41) is 5.38. The number of rotatable bonds is 6. The molecule has 1 aliphatic rings. The molecular weight excluding hydrogens is 463 g/mol. The summed E-state index contributed by atoms with van der Waals surface area (Å²) < 4.78 is 37.5. The summed E-state index contributed by atoms with van der Waals surface area (Å²) >= 11 is 0. The van der Waals surface area contributed by atoms with E-state index in [4.69, 9.17) is 0 Å². The van der Waals surface area contributed by atoms with Crippen molar-refractivity contribution in [1.29, 1.82) is 0 Å². The Balaban J connectivity index is 1.65. The molecule has 0 bridgehead atoms. The lowest BCUT2D eigenvalue weighted by Crippen LogP contribution is -2.42. The molecule has 3 aromatic rings. The van der Waals surface area contributed by atoms with Crippen molar-refractivity contribution in [1.82, 2.24) is 30.2 Å². The van der Waals surface area contributed by atoms with Crippen LogP contribution in [-0.2, 0) is 4.79 Å². The first-order valence-electron chi connectivity index (χ1n) is 11.3. The molecule has 1 saturated heterocycles. The number of carbonyl (C=O) groups is 2. The number of alkyl halides is 3. The van der Waals surface area contributed by atoms with Crippen LogP contribution in [0.3, 0.4) is 0 Å². The van der Waals surface area contributed by atoms with E-state index in [1.807, 2.05) is 5.32 Å². The Labute approximate surface area is 199 Å². The van der Waals surface area contributed by atoms with Crippen molar-refractivity contribution in [2.75, 3.05) is 25.0 Å². The molecule has 1 fully saturated rings. The van der Waals surface area contributed by atoms with Gasteiger partial charge in [0.05, 0.1) is 5.69 Å². The molecule has 3 N–H and O–H groups in total. The summed E-state index contributed by atoms with van der Waals surface area (Å²) in [6, 6.07) is 2.16. The zero-order valence-corrected chi connectivity index (χ0v) is 19.3. The second kappa shape index (κ2) is 9.88. The van der Waals surface area contributed by atoms with Gasteiger partial charge < -0.3 is 20.5 Å². The van der Waals surface area contributed by atoms with Crippen LogP contribution in [0.4, 0.5) is 19.0 Å².